The van der Waals surface area contributed by atoms with Crippen molar-refractivity contribution < 1.29 is 23.5 Å². The van der Waals surface area contributed by atoms with Gasteiger partial charge in [0.2, 0.25) is 11.8 Å². The molecule has 1 fully saturated rings. The molecule has 2 atom stereocenters. The number of hydrogen-bond acceptors (Lipinski definition) is 6. The van der Waals surface area contributed by atoms with Gasteiger partial charge in [0.25, 0.3) is 0 Å². The van der Waals surface area contributed by atoms with Gasteiger partial charge in [-0.1, -0.05) is 41.6 Å². The Balaban J connectivity index is 1.54. The van der Waals surface area contributed by atoms with Gasteiger partial charge in [-0.3, -0.25) is 14.5 Å². The van der Waals surface area contributed by atoms with Crippen LogP contribution >= 0.6 is 0 Å². The van der Waals surface area contributed by atoms with E-state index >= 15 is 4.39 Å². The molecule has 0 spiro atoms. The molecule has 2 amide bonds. The number of para-hydroxylation sites is 2. The fourth-order valence-electron chi connectivity index (χ4n) is 4.75. The third kappa shape index (κ3) is 5.91. The molecule has 1 N–H and O–H groups in total. The molecule has 3 aromatic carbocycles. The number of benzene rings is 3. The minimum absolute atomic E-state index is 0.0157. The van der Waals surface area contributed by atoms with Gasteiger partial charge in [0.05, 0.1) is 23.9 Å². The van der Waals surface area contributed by atoms with E-state index in [2.05, 4.69) is 15.6 Å². The Kier molecular flexibility index (Phi) is 8.12. The van der Waals surface area contributed by atoms with Gasteiger partial charge in [0.15, 0.2) is 0 Å². The molecule has 0 saturated carbocycles. The lowest BCUT2D eigenvalue weighted by molar-refractivity contribution is -0.127. The molecular formula is C29H30FN5O4. The second kappa shape index (κ2) is 12.0. The van der Waals surface area contributed by atoms with Gasteiger partial charge in [-0.15, -0.1) is 5.10 Å². The number of rotatable bonds is 10. The number of hydrogen-bond donors (Lipinski definition) is 1. The minimum Gasteiger partial charge on any atom is -0.494 e. The van der Waals surface area contributed by atoms with E-state index in [1.807, 2.05) is 19.1 Å². The van der Waals surface area contributed by atoms with Gasteiger partial charge in [0, 0.05) is 13.2 Å². The van der Waals surface area contributed by atoms with Gasteiger partial charge in [-0.25, -0.2) is 9.07 Å². The van der Waals surface area contributed by atoms with E-state index in [-0.39, 0.29) is 18.3 Å². The molecule has 1 saturated heterocycles. The summed E-state index contributed by atoms with van der Waals surface area (Å²) in [5, 5.41) is 11.2. The van der Waals surface area contributed by atoms with Crippen LogP contribution in [0.2, 0.25) is 0 Å². The highest BCUT2D eigenvalue weighted by Crippen LogP contribution is 2.31. The molecule has 0 unspecified atom stereocenters. The zero-order valence-corrected chi connectivity index (χ0v) is 21.6. The first-order chi connectivity index (χ1) is 19.0. The highest BCUT2D eigenvalue weighted by molar-refractivity contribution is 6.01. The lowest BCUT2D eigenvalue weighted by atomic mass is 10.0. The van der Waals surface area contributed by atoms with E-state index in [1.54, 1.807) is 42.5 Å². The third-order valence-corrected chi connectivity index (χ3v) is 6.63. The zero-order valence-electron chi connectivity index (χ0n) is 21.6. The highest BCUT2D eigenvalue weighted by atomic mass is 19.1. The maximum atomic E-state index is 15.3. The van der Waals surface area contributed by atoms with Crippen molar-refractivity contribution in [3.63, 3.8) is 0 Å². The minimum atomic E-state index is -1.17. The van der Waals surface area contributed by atoms with Crippen LogP contribution < -0.4 is 15.0 Å². The maximum Gasteiger partial charge on any atom is 0.249 e. The SMILES string of the molecule is CCOc1ccc([C@@H](C(=O)NC[C@@H]2CCCO2)N(C(=O)Cn2nnc3ccccc32)c2ccccc2F)cc1. The first-order valence-corrected chi connectivity index (χ1v) is 13.0. The van der Waals surface area contributed by atoms with Crippen LogP contribution in [0.15, 0.2) is 72.8 Å². The molecule has 202 valence electrons. The van der Waals surface area contributed by atoms with Gasteiger partial charge in [-0.05, 0) is 61.7 Å². The second-order valence-electron chi connectivity index (χ2n) is 9.24. The molecule has 1 aliphatic rings. The molecule has 0 bridgehead atoms. The van der Waals surface area contributed by atoms with Crippen LogP contribution in [0.1, 0.15) is 31.4 Å². The molecule has 4 aromatic rings. The summed E-state index contributed by atoms with van der Waals surface area (Å²) in [5.41, 5.74) is 1.77. The lowest BCUT2D eigenvalue weighted by Crippen LogP contribution is -2.47. The average molecular weight is 532 g/mol. The number of aromatic nitrogens is 3. The first kappa shape index (κ1) is 26.3. The number of amides is 2. The van der Waals surface area contributed by atoms with Gasteiger partial charge < -0.3 is 14.8 Å². The van der Waals surface area contributed by atoms with Crippen molar-refractivity contribution in [3.05, 3.63) is 84.2 Å². The Labute approximate surface area is 225 Å². The molecule has 2 heterocycles. The summed E-state index contributed by atoms with van der Waals surface area (Å²) < 4.78 is 27.9. The fraction of sp³-hybridized carbons (Fsp3) is 0.310. The summed E-state index contributed by atoms with van der Waals surface area (Å²) in [5.74, 6) is -0.980. The monoisotopic (exact) mass is 531 g/mol. The number of fused-ring (bicyclic) bond motifs is 1. The van der Waals surface area contributed by atoms with Crippen LogP contribution in [-0.4, -0.2) is 52.7 Å². The van der Waals surface area contributed by atoms with Crippen LogP contribution in [0.5, 0.6) is 5.75 Å². The number of ether oxygens (including phenoxy) is 2. The van der Waals surface area contributed by atoms with E-state index in [1.165, 1.54) is 27.8 Å². The number of carbonyl (C=O) groups excluding carboxylic acids is 2. The van der Waals surface area contributed by atoms with E-state index < -0.39 is 23.7 Å². The molecule has 0 radical (unpaired) electrons. The topological polar surface area (TPSA) is 98.6 Å². The maximum absolute atomic E-state index is 15.3. The summed E-state index contributed by atoms with van der Waals surface area (Å²) >= 11 is 0. The number of nitrogens with one attached hydrogen (secondary N) is 1. The average Bonchev–Trinajstić information content (AvgIpc) is 3.62. The van der Waals surface area contributed by atoms with Gasteiger partial charge >= 0.3 is 0 Å². The normalized spacial score (nSPS) is 15.7. The van der Waals surface area contributed by atoms with E-state index in [0.717, 1.165) is 12.8 Å². The van der Waals surface area contributed by atoms with Crippen molar-refractivity contribution in [1.82, 2.24) is 20.3 Å². The molecule has 5 rings (SSSR count). The Morgan fingerprint density at radius 1 is 1.13 bits per heavy atom. The zero-order chi connectivity index (χ0) is 27.2. The van der Waals surface area contributed by atoms with Crippen LogP contribution in [0.25, 0.3) is 11.0 Å². The molecule has 9 nitrogen and oxygen atoms in total. The van der Waals surface area contributed by atoms with Crippen molar-refractivity contribution in [1.29, 1.82) is 0 Å². The summed E-state index contributed by atoms with van der Waals surface area (Å²) in [7, 11) is 0. The second-order valence-corrected chi connectivity index (χ2v) is 9.24. The molecule has 10 heteroatoms. The Bertz CT molecular complexity index is 1440. The van der Waals surface area contributed by atoms with Crippen molar-refractivity contribution in [2.24, 2.45) is 0 Å². The standard InChI is InChI=1S/C29H30FN5O4/c1-2-38-21-15-13-20(14-16-21)28(29(37)31-18-22-8-7-17-39-22)35(25-11-5-3-9-23(25)30)27(36)19-34-26-12-6-4-10-24(26)32-33-34/h3-6,9-16,22,28H,2,7-8,17-19H2,1H3,(H,31,37)/t22-,28-/m0/s1. The fourth-order valence-corrected chi connectivity index (χ4v) is 4.75. The third-order valence-electron chi connectivity index (χ3n) is 6.63. The van der Waals surface area contributed by atoms with Crippen molar-refractivity contribution in [3.8, 4) is 5.75 Å². The lowest BCUT2D eigenvalue weighted by Gasteiger charge is -2.32. The number of halogens is 1. The van der Waals surface area contributed by atoms with E-state index in [9.17, 15) is 9.59 Å². The van der Waals surface area contributed by atoms with E-state index in [0.29, 0.717) is 42.1 Å². The van der Waals surface area contributed by atoms with Crippen molar-refractivity contribution in [2.75, 3.05) is 24.7 Å². The predicted octanol–water partition coefficient (Wildman–Crippen LogP) is 4.04. The Morgan fingerprint density at radius 2 is 1.90 bits per heavy atom. The number of anilines is 1. The molecule has 0 aliphatic carbocycles. The first-order valence-electron chi connectivity index (χ1n) is 13.0. The highest BCUT2D eigenvalue weighted by Gasteiger charge is 2.35. The Hall–Kier alpha value is -4.31. The van der Waals surface area contributed by atoms with Crippen molar-refractivity contribution >= 4 is 28.5 Å². The van der Waals surface area contributed by atoms with Gasteiger partial charge in [0.1, 0.15) is 29.7 Å². The Morgan fingerprint density at radius 3 is 2.64 bits per heavy atom. The molecule has 39 heavy (non-hydrogen) atoms. The largest absolute Gasteiger partial charge is 0.494 e. The van der Waals surface area contributed by atoms with E-state index in [4.69, 9.17) is 9.47 Å². The predicted molar refractivity (Wildman–Crippen MR) is 144 cm³/mol. The van der Waals surface area contributed by atoms with Crippen LogP contribution in [0, 0.1) is 5.82 Å². The summed E-state index contributed by atoms with van der Waals surface area (Å²) in [6.45, 7) is 3.05. The summed E-state index contributed by atoms with van der Waals surface area (Å²) in [6, 6.07) is 18.9. The van der Waals surface area contributed by atoms with Crippen LogP contribution in [0.3, 0.4) is 0 Å². The van der Waals surface area contributed by atoms with Gasteiger partial charge in [-0.2, -0.15) is 0 Å². The molecular weight excluding hydrogens is 501 g/mol. The number of carbonyl (C=O) groups is 2. The quantitative estimate of drug-likeness (QED) is 0.332. The summed E-state index contributed by atoms with van der Waals surface area (Å²) in [6.07, 6.45) is 1.66. The van der Waals surface area contributed by atoms with Crippen molar-refractivity contribution in [2.45, 2.75) is 38.5 Å². The number of nitrogens with zero attached hydrogens (tertiary/aromatic N) is 4. The molecule has 1 aliphatic heterocycles. The smallest absolute Gasteiger partial charge is 0.249 e. The van der Waals surface area contributed by atoms with Crippen LogP contribution in [-0.2, 0) is 20.9 Å². The summed E-state index contributed by atoms with van der Waals surface area (Å²) in [4.78, 5) is 29.0. The van der Waals surface area contributed by atoms with Crippen LogP contribution in [0.4, 0.5) is 10.1 Å². The molecule has 1 aromatic heterocycles.